The van der Waals surface area contributed by atoms with Crippen molar-refractivity contribution in [2.45, 2.75) is 26.3 Å². The summed E-state index contributed by atoms with van der Waals surface area (Å²) in [5.74, 6) is 2.36. The summed E-state index contributed by atoms with van der Waals surface area (Å²) in [6.45, 7) is 4.17. The van der Waals surface area contributed by atoms with E-state index in [-0.39, 0.29) is 5.91 Å². The van der Waals surface area contributed by atoms with Crippen molar-refractivity contribution >= 4 is 5.91 Å². The Labute approximate surface area is 147 Å². The first-order valence-corrected chi connectivity index (χ1v) is 8.62. The van der Waals surface area contributed by atoms with Crippen molar-refractivity contribution in [2.24, 2.45) is 0 Å². The van der Waals surface area contributed by atoms with Gasteiger partial charge in [0.15, 0.2) is 11.5 Å². The Bertz CT molecular complexity index is 729. The highest BCUT2D eigenvalue weighted by Gasteiger charge is 2.12. The molecule has 5 heteroatoms. The molecule has 0 atom stereocenters. The standard InChI is InChI=1S/C20H23NO4/c1-2-23-17-6-4-3-5-16(17)14-21-20(22)10-8-15-7-9-18-19(13-15)25-12-11-24-18/h3-7,9,13H,2,8,10-12,14H2,1H3,(H,21,22). The highest BCUT2D eigenvalue weighted by molar-refractivity contribution is 5.76. The molecule has 0 aliphatic carbocycles. The summed E-state index contributed by atoms with van der Waals surface area (Å²) < 4.78 is 16.7. The summed E-state index contributed by atoms with van der Waals surface area (Å²) in [7, 11) is 0. The van der Waals surface area contributed by atoms with Crippen LogP contribution in [0.3, 0.4) is 0 Å². The molecular weight excluding hydrogens is 318 g/mol. The quantitative estimate of drug-likeness (QED) is 0.841. The Hall–Kier alpha value is -2.69. The van der Waals surface area contributed by atoms with Gasteiger partial charge >= 0.3 is 0 Å². The van der Waals surface area contributed by atoms with Crippen LogP contribution in [0.15, 0.2) is 42.5 Å². The van der Waals surface area contributed by atoms with Crippen LogP contribution in [0.5, 0.6) is 17.2 Å². The second kappa shape index (κ2) is 8.42. The average Bonchev–Trinajstić information content (AvgIpc) is 2.66. The van der Waals surface area contributed by atoms with Crippen molar-refractivity contribution in [2.75, 3.05) is 19.8 Å². The number of nitrogens with one attached hydrogen (secondary N) is 1. The van der Waals surface area contributed by atoms with Crippen LogP contribution in [0.2, 0.25) is 0 Å². The van der Waals surface area contributed by atoms with Crippen LogP contribution in [0.1, 0.15) is 24.5 Å². The fraction of sp³-hybridized carbons (Fsp3) is 0.350. The van der Waals surface area contributed by atoms with E-state index in [1.165, 1.54) is 0 Å². The third-order valence-electron chi connectivity index (χ3n) is 4.00. The van der Waals surface area contributed by atoms with Crippen molar-refractivity contribution in [3.63, 3.8) is 0 Å². The molecule has 1 amide bonds. The molecule has 1 aliphatic rings. The Kier molecular flexibility index (Phi) is 5.77. The van der Waals surface area contributed by atoms with E-state index < -0.39 is 0 Å². The van der Waals surface area contributed by atoms with E-state index in [2.05, 4.69) is 5.32 Å². The van der Waals surface area contributed by atoms with Gasteiger partial charge in [0.25, 0.3) is 0 Å². The topological polar surface area (TPSA) is 56.8 Å². The molecule has 3 rings (SSSR count). The zero-order chi connectivity index (χ0) is 17.5. The minimum atomic E-state index is 0.0150. The summed E-state index contributed by atoms with van der Waals surface area (Å²) >= 11 is 0. The second-order valence-electron chi connectivity index (χ2n) is 5.80. The third kappa shape index (κ3) is 4.66. The number of amides is 1. The zero-order valence-electron chi connectivity index (χ0n) is 14.4. The minimum Gasteiger partial charge on any atom is -0.494 e. The van der Waals surface area contributed by atoms with Crippen LogP contribution in [0, 0.1) is 0 Å². The predicted molar refractivity (Wildman–Crippen MR) is 95.2 cm³/mol. The molecule has 0 unspecified atom stereocenters. The van der Waals surface area contributed by atoms with E-state index in [9.17, 15) is 4.79 Å². The van der Waals surface area contributed by atoms with E-state index in [0.29, 0.717) is 39.2 Å². The minimum absolute atomic E-state index is 0.0150. The maximum Gasteiger partial charge on any atom is 0.220 e. The fourth-order valence-electron chi connectivity index (χ4n) is 2.73. The van der Waals surface area contributed by atoms with Gasteiger partial charge in [0.1, 0.15) is 19.0 Å². The largest absolute Gasteiger partial charge is 0.494 e. The van der Waals surface area contributed by atoms with Gasteiger partial charge in [0.2, 0.25) is 5.91 Å². The normalized spacial score (nSPS) is 12.5. The number of hydrogen-bond donors (Lipinski definition) is 1. The molecule has 1 aliphatic heterocycles. The molecule has 0 fully saturated rings. The van der Waals surface area contributed by atoms with Crippen LogP contribution in [0.4, 0.5) is 0 Å². The Morgan fingerprint density at radius 2 is 1.92 bits per heavy atom. The first-order valence-electron chi connectivity index (χ1n) is 8.62. The maximum atomic E-state index is 12.1. The molecule has 132 valence electrons. The number of fused-ring (bicyclic) bond motifs is 1. The van der Waals surface area contributed by atoms with E-state index in [1.807, 2.05) is 49.4 Å². The van der Waals surface area contributed by atoms with Gasteiger partial charge in [-0.1, -0.05) is 24.3 Å². The van der Waals surface area contributed by atoms with Gasteiger partial charge in [-0.25, -0.2) is 0 Å². The zero-order valence-corrected chi connectivity index (χ0v) is 14.4. The molecule has 2 aromatic carbocycles. The van der Waals surface area contributed by atoms with E-state index in [4.69, 9.17) is 14.2 Å². The number of benzene rings is 2. The van der Waals surface area contributed by atoms with Crippen molar-refractivity contribution in [1.29, 1.82) is 0 Å². The molecule has 2 aromatic rings. The number of para-hydroxylation sites is 1. The maximum absolute atomic E-state index is 12.1. The first-order chi connectivity index (χ1) is 12.3. The molecule has 1 heterocycles. The lowest BCUT2D eigenvalue weighted by molar-refractivity contribution is -0.121. The number of hydrogen-bond acceptors (Lipinski definition) is 4. The van der Waals surface area contributed by atoms with Gasteiger partial charge < -0.3 is 19.5 Å². The van der Waals surface area contributed by atoms with Gasteiger partial charge in [-0.05, 0) is 37.1 Å². The molecule has 0 saturated heterocycles. The first kappa shape index (κ1) is 17.1. The molecule has 0 saturated carbocycles. The van der Waals surface area contributed by atoms with Crippen molar-refractivity contribution in [3.8, 4) is 17.2 Å². The number of rotatable bonds is 7. The van der Waals surface area contributed by atoms with Crippen molar-refractivity contribution in [1.82, 2.24) is 5.32 Å². The number of carbonyl (C=O) groups excluding carboxylic acids is 1. The summed E-state index contributed by atoms with van der Waals surface area (Å²) in [4.78, 5) is 12.1. The molecule has 0 spiro atoms. The molecule has 0 aromatic heterocycles. The van der Waals surface area contributed by atoms with E-state index in [1.54, 1.807) is 0 Å². The molecular formula is C20H23NO4. The molecule has 1 N–H and O–H groups in total. The molecule has 5 nitrogen and oxygen atoms in total. The van der Waals surface area contributed by atoms with Crippen molar-refractivity contribution < 1.29 is 19.0 Å². The van der Waals surface area contributed by atoms with Crippen LogP contribution in [-0.2, 0) is 17.8 Å². The van der Waals surface area contributed by atoms with Crippen LogP contribution in [0.25, 0.3) is 0 Å². The Balaban J connectivity index is 1.50. The van der Waals surface area contributed by atoms with Gasteiger partial charge in [-0.15, -0.1) is 0 Å². The molecule has 0 bridgehead atoms. The number of carbonyl (C=O) groups is 1. The SMILES string of the molecule is CCOc1ccccc1CNC(=O)CCc1ccc2c(c1)OCCO2. The van der Waals surface area contributed by atoms with E-state index in [0.717, 1.165) is 28.4 Å². The Morgan fingerprint density at radius 1 is 1.12 bits per heavy atom. The van der Waals surface area contributed by atoms with Crippen molar-refractivity contribution in [3.05, 3.63) is 53.6 Å². The Morgan fingerprint density at radius 3 is 2.76 bits per heavy atom. The molecule has 25 heavy (non-hydrogen) atoms. The highest BCUT2D eigenvalue weighted by atomic mass is 16.6. The fourth-order valence-corrected chi connectivity index (χ4v) is 2.73. The predicted octanol–water partition coefficient (Wildman–Crippen LogP) is 3.11. The lowest BCUT2D eigenvalue weighted by Gasteiger charge is -2.18. The van der Waals surface area contributed by atoms with Gasteiger partial charge in [0.05, 0.1) is 6.61 Å². The third-order valence-corrected chi connectivity index (χ3v) is 4.00. The highest BCUT2D eigenvalue weighted by Crippen LogP contribution is 2.31. The monoisotopic (exact) mass is 341 g/mol. The van der Waals surface area contributed by atoms with E-state index >= 15 is 0 Å². The van der Waals surface area contributed by atoms with Crippen LogP contribution in [-0.4, -0.2) is 25.7 Å². The van der Waals surface area contributed by atoms with Gasteiger partial charge in [-0.3, -0.25) is 4.79 Å². The number of aryl methyl sites for hydroxylation is 1. The second-order valence-corrected chi connectivity index (χ2v) is 5.80. The summed E-state index contributed by atoms with van der Waals surface area (Å²) in [6, 6.07) is 13.6. The summed E-state index contributed by atoms with van der Waals surface area (Å²) in [5.41, 5.74) is 2.05. The summed E-state index contributed by atoms with van der Waals surface area (Å²) in [5, 5.41) is 2.96. The van der Waals surface area contributed by atoms with Gasteiger partial charge in [0, 0.05) is 18.5 Å². The average molecular weight is 341 g/mol. The molecule has 0 radical (unpaired) electrons. The smallest absolute Gasteiger partial charge is 0.220 e. The van der Waals surface area contributed by atoms with Gasteiger partial charge in [-0.2, -0.15) is 0 Å². The lowest BCUT2D eigenvalue weighted by atomic mass is 10.1. The number of ether oxygens (including phenoxy) is 3. The van der Waals surface area contributed by atoms with Crippen LogP contribution >= 0.6 is 0 Å². The lowest BCUT2D eigenvalue weighted by Crippen LogP contribution is -2.23. The summed E-state index contributed by atoms with van der Waals surface area (Å²) in [6.07, 6.45) is 1.09. The van der Waals surface area contributed by atoms with Crippen LogP contribution < -0.4 is 19.5 Å².